The number of amides is 1. The Morgan fingerprint density at radius 2 is 1.24 bits per heavy atom. The first-order valence-corrected chi connectivity index (χ1v) is 11.0. The first-order valence-electron chi connectivity index (χ1n) is 11.0. The fraction of sp³-hybridized carbons (Fsp3) is 0.370. The molecule has 0 spiro atoms. The molecule has 1 aliphatic carbocycles. The fourth-order valence-electron chi connectivity index (χ4n) is 4.56. The molecule has 0 bridgehead atoms. The molecule has 2 aromatic carbocycles. The van der Waals surface area contributed by atoms with Crippen molar-refractivity contribution in [2.24, 2.45) is 0 Å². The van der Waals surface area contributed by atoms with Crippen molar-refractivity contribution >= 4 is 11.5 Å². The number of hydrogen-bond acceptors (Lipinski definition) is 2. The molecule has 188 valence electrons. The van der Waals surface area contributed by atoms with Gasteiger partial charge in [0.1, 0.15) is 0 Å². The van der Waals surface area contributed by atoms with Crippen LogP contribution in [0.4, 0.5) is 0 Å². The molecule has 9 N–H and O–H groups in total. The van der Waals surface area contributed by atoms with E-state index in [1.54, 1.807) is 0 Å². The molecule has 4 rings (SSSR count). The van der Waals surface area contributed by atoms with E-state index in [9.17, 15) is 4.79 Å². The lowest BCUT2D eigenvalue weighted by Gasteiger charge is -2.30. The zero-order valence-corrected chi connectivity index (χ0v) is 19.7. The topological polar surface area (TPSA) is 158 Å². The number of carbonyl (C=O) groups is 1. The highest BCUT2D eigenvalue weighted by Crippen LogP contribution is 2.32. The molecule has 1 aliphatic heterocycles. The number of nitrogens with one attached hydrogen (secondary N) is 1. The lowest BCUT2D eigenvalue weighted by molar-refractivity contribution is -0.123. The van der Waals surface area contributed by atoms with Crippen molar-refractivity contribution in [2.45, 2.75) is 44.6 Å². The quantitative estimate of drug-likeness (QED) is 0.655. The maximum absolute atomic E-state index is 12.4. The van der Waals surface area contributed by atoms with Crippen LogP contribution in [0.15, 0.2) is 66.2 Å². The average molecular weight is 473 g/mol. The smallest absolute Gasteiger partial charge is 0.234 e. The van der Waals surface area contributed by atoms with Crippen LogP contribution in [0.3, 0.4) is 0 Å². The Balaban J connectivity index is 0. The van der Waals surface area contributed by atoms with Gasteiger partial charge in [-0.2, -0.15) is 0 Å². The van der Waals surface area contributed by atoms with E-state index in [0.717, 1.165) is 38.8 Å². The molecule has 0 aromatic heterocycles. The van der Waals surface area contributed by atoms with Crippen molar-refractivity contribution in [3.63, 3.8) is 0 Å². The molecule has 1 saturated carbocycles. The zero-order chi connectivity index (χ0) is 21.2. The van der Waals surface area contributed by atoms with Gasteiger partial charge >= 0.3 is 0 Å². The number of likely N-dealkylation sites (tertiary alicyclic amines) is 1. The SMILES string of the molecule is C#C.O.O.O.O.O=C(CN1CCC(=C(c2ccccc2)c2ccccc2)CC1)NC1CCCC1. The minimum Gasteiger partial charge on any atom is -0.412 e. The monoisotopic (exact) mass is 472 g/mol. The summed E-state index contributed by atoms with van der Waals surface area (Å²) in [6.07, 6.45) is 14.9. The van der Waals surface area contributed by atoms with Crippen LogP contribution in [0.25, 0.3) is 5.57 Å². The Labute approximate surface area is 203 Å². The van der Waals surface area contributed by atoms with Gasteiger partial charge in [0.25, 0.3) is 0 Å². The Morgan fingerprint density at radius 3 is 1.68 bits per heavy atom. The van der Waals surface area contributed by atoms with Gasteiger partial charge in [-0.3, -0.25) is 9.69 Å². The molecule has 34 heavy (non-hydrogen) atoms. The van der Waals surface area contributed by atoms with E-state index in [0.29, 0.717) is 12.6 Å². The third kappa shape index (κ3) is 9.10. The molecule has 0 atom stereocenters. The van der Waals surface area contributed by atoms with Gasteiger partial charge < -0.3 is 27.2 Å². The lowest BCUT2D eigenvalue weighted by Crippen LogP contribution is -2.43. The van der Waals surface area contributed by atoms with Gasteiger partial charge in [-0.25, -0.2) is 0 Å². The van der Waals surface area contributed by atoms with E-state index in [2.05, 4.69) is 83.7 Å². The number of terminal acetylenes is 1. The molecule has 7 heteroatoms. The number of benzene rings is 2. The lowest BCUT2D eigenvalue weighted by atomic mass is 9.88. The number of carbonyl (C=O) groups excluding carboxylic acids is 1. The second-order valence-corrected chi connectivity index (χ2v) is 8.04. The van der Waals surface area contributed by atoms with Crippen molar-refractivity contribution < 1.29 is 26.7 Å². The van der Waals surface area contributed by atoms with Crippen LogP contribution in [-0.4, -0.2) is 58.4 Å². The highest BCUT2D eigenvalue weighted by Gasteiger charge is 2.22. The molecule has 0 unspecified atom stereocenters. The Morgan fingerprint density at radius 1 is 0.794 bits per heavy atom. The van der Waals surface area contributed by atoms with Crippen molar-refractivity contribution in [1.29, 1.82) is 0 Å². The molecule has 2 fully saturated rings. The van der Waals surface area contributed by atoms with E-state index in [1.165, 1.54) is 35.1 Å². The highest BCUT2D eigenvalue weighted by atomic mass is 16.2. The van der Waals surface area contributed by atoms with Crippen molar-refractivity contribution in [3.05, 3.63) is 77.4 Å². The summed E-state index contributed by atoms with van der Waals surface area (Å²) in [4.78, 5) is 14.7. The van der Waals surface area contributed by atoms with E-state index >= 15 is 0 Å². The van der Waals surface area contributed by atoms with E-state index in [1.807, 2.05) is 0 Å². The first kappa shape index (κ1) is 33.2. The van der Waals surface area contributed by atoms with Gasteiger partial charge in [0.2, 0.25) is 5.91 Å². The van der Waals surface area contributed by atoms with Crippen LogP contribution in [0.2, 0.25) is 0 Å². The van der Waals surface area contributed by atoms with Crippen molar-refractivity contribution in [2.75, 3.05) is 19.6 Å². The summed E-state index contributed by atoms with van der Waals surface area (Å²) in [6, 6.07) is 21.8. The van der Waals surface area contributed by atoms with Crippen molar-refractivity contribution in [1.82, 2.24) is 10.2 Å². The molecule has 1 saturated heterocycles. The third-order valence-corrected chi connectivity index (χ3v) is 6.03. The summed E-state index contributed by atoms with van der Waals surface area (Å²) in [5.41, 5.74) is 5.45. The van der Waals surface area contributed by atoms with Gasteiger partial charge in [0.05, 0.1) is 6.54 Å². The maximum Gasteiger partial charge on any atom is 0.234 e. The summed E-state index contributed by atoms with van der Waals surface area (Å²) in [7, 11) is 0. The molecule has 1 amide bonds. The minimum atomic E-state index is 0. The first-order chi connectivity index (χ1) is 14.8. The highest BCUT2D eigenvalue weighted by molar-refractivity contribution is 5.82. The predicted molar refractivity (Wildman–Crippen MR) is 139 cm³/mol. The standard InChI is InChI=1S/C25H30N2O.C2H2.4H2O/c28-24(26-23-13-7-8-14-23)19-27-17-15-22(16-18-27)25(20-9-3-1-4-10-20)21-11-5-2-6-12-21;1-2;;;;/h1-6,9-12,23H,7-8,13-19H2,(H,26,28);1-2H;4*1H2. The molecule has 2 aliphatic rings. The van der Waals surface area contributed by atoms with Crippen LogP contribution < -0.4 is 5.32 Å². The number of hydrogen-bond donors (Lipinski definition) is 1. The summed E-state index contributed by atoms with van der Waals surface area (Å²) < 4.78 is 0. The minimum absolute atomic E-state index is 0. The van der Waals surface area contributed by atoms with Gasteiger partial charge in [-0.15, -0.1) is 12.8 Å². The van der Waals surface area contributed by atoms with Gasteiger partial charge in [-0.05, 0) is 42.4 Å². The second-order valence-electron chi connectivity index (χ2n) is 8.04. The van der Waals surface area contributed by atoms with Crippen LogP contribution in [-0.2, 0) is 4.79 Å². The summed E-state index contributed by atoms with van der Waals surface area (Å²) in [5.74, 6) is 0.200. The second kappa shape index (κ2) is 17.5. The Hall–Kier alpha value is -2.99. The van der Waals surface area contributed by atoms with Gasteiger partial charge in [0.15, 0.2) is 0 Å². The molecular formula is C27H40N2O5. The van der Waals surface area contributed by atoms with E-state index in [4.69, 9.17) is 0 Å². The molecular weight excluding hydrogens is 432 g/mol. The molecule has 1 heterocycles. The largest absolute Gasteiger partial charge is 0.412 e. The summed E-state index contributed by atoms with van der Waals surface area (Å²) in [6.45, 7) is 2.45. The van der Waals surface area contributed by atoms with Crippen LogP contribution >= 0.6 is 0 Å². The number of piperidine rings is 1. The maximum atomic E-state index is 12.4. The van der Waals surface area contributed by atoms with E-state index < -0.39 is 0 Å². The summed E-state index contributed by atoms with van der Waals surface area (Å²) in [5, 5.41) is 3.22. The number of rotatable bonds is 5. The van der Waals surface area contributed by atoms with Crippen LogP contribution in [0, 0.1) is 12.8 Å². The molecule has 0 radical (unpaired) electrons. The normalized spacial score (nSPS) is 15.1. The van der Waals surface area contributed by atoms with Crippen LogP contribution in [0.1, 0.15) is 49.7 Å². The summed E-state index contributed by atoms with van der Waals surface area (Å²) >= 11 is 0. The van der Waals surface area contributed by atoms with Gasteiger partial charge in [0, 0.05) is 19.1 Å². The molecule has 2 aromatic rings. The Bertz CT molecular complexity index is 811. The number of nitrogens with zero attached hydrogens (tertiary/aromatic N) is 1. The van der Waals surface area contributed by atoms with Crippen LogP contribution in [0.5, 0.6) is 0 Å². The Kier molecular flexibility index (Phi) is 17.1. The molecule has 7 nitrogen and oxygen atoms in total. The third-order valence-electron chi connectivity index (χ3n) is 6.03. The van der Waals surface area contributed by atoms with Gasteiger partial charge in [-0.1, -0.05) is 79.1 Å². The zero-order valence-electron chi connectivity index (χ0n) is 19.7. The predicted octanol–water partition coefficient (Wildman–Crippen LogP) is 1.59. The van der Waals surface area contributed by atoms with E-state index in [-0.39, 0.29) is 27.8 Å². The fourth-order valence-corrected chi connectivity index (χ4v) is 4.56. The van der Waals surface area contributed by atoms with Crippen molar-refractivity contribution in [3.8, 4) is 12.8 Å². The average Bonchev–Trinajstić information content (AvgIpc) is 3.31.